The van der Waals surface area contributed by atoms with Crippen LogP contribution in [0.1, 0.15) is 34.9 Å². The van der Waals surface area contributed by atoms with Crippen LogP contribution in [0, 0.1) is 0 Å². The summed E-state index contributed by atoms with van der Waals surface area (Å²) in [4.78, 5) is 14.8. The van der Waals surface area contributed by atoms with Crippen molar-refractivity contribution in [3.8, 4) is 0 Å². The van der Waals surface area contributed by atoms with Crippen LogP contribution in [-0.2, 0) is 6.42 Å². The Balaban J connectivity index is 0.00000132. The van der Waals surface area contributed by atoms with Gasteiger partial charge in [-0.1, -0.05) is 24.3 Å². The number of aromatic nitrogens is 1. The molecule has 2 aromatic rings. The van der Waals surface area contributed by atoms with E-state index in [1.807, 2.05) is 16.7 Å². The predicted octanol–water partition coefficient (Wildman–Crippen LogP) is 3.58. The molecule has 21 heavy (non-hydrogen) atoms. The Bertz CT molecular complexity index is 719. The Hall–Kier alpha value is -1.58. The second-order valence-corrected chi connectivity index (χ2v) is 5.70. The zero-order valence-electron chi connectivity index (χ0n) is 11.9. The van der Waals surface area contributed by atoms with Gasteiger partial charge in [0.15, 0.2) is 0 Å². The quantitative estimate of drug-likeness (QED) is 0.792. The summed E-state index contributed by atoms with van der Waals surface area (Å²) in [5.74, 6) is 0.249. The summed E-state index contributed by atoms with van der Waals surface area (Å²) in [6, 6.07) is 8.70. The summed E-state index contributed by atoms with van der Waals surface area (Å²) < 4.78 is 1.98. The highest BCUT2D eigenvalue weighted by molar-refractivity contribution is 5.97. The number of benzene rings is 1. The molecule has 0 saturated heterocycles. The summed E-state index contributed by atoms with van der Waals surface area (Å²) >= 11 is 0. The molecule has 0 bridgehead atoms. The molecule has 0 radical (unpaired) electrons. The molecule has 0 saturated carbocycles. The van der Waals surface area contributed by atoms with Gasteiger partial charge in [-0.05, 0) is 24.5 Å². The predicted molar refractivity (Wildman–Crippen MR) is 87.3 cm³/mol. The van der Waals surface area contributed by atoms with Crippen molar-refractivity contribution in [2.24, 2.45) is 0 Å². The highest BCUT2D eigenvalue weighted by atomic mass is 35.5. The Labute approximate surface area is 130 Å². The lowest BCUT2D eigenvalue weighted by Crippen LogP contribution is -2.40. The Morgan fingerprint density at radius 2 is 2.10 bits per heavy atom. The van der Waals surface area contributed by atoms with Crippen molar-refractivity contribution in [1.29, 1.82) is 0 Å². The van der Waals surface area contributed by atoms with E-state index in [4.69, 9.17) is 0 Å². The molecule has 0 spiro atoms. The second kappa shape index (κ2) is 5.32. The second-order valence-electron chi connectivity index (χ2n) is 5.70. The number of para-hydroxylation sites is 1. The Kier molecular flexibility index (Phi) is 3.64. The van der Waals surface area contributed by atoms with Crippen molar-refractivity contribution >= 4 is 29.2 Å². The van der Waals surface area contributed by atoms with Gasteiger partial charge >= 0.3 is 0 Å². The van der Waals surface area contributed by atoms with Gasteiger partial charge in [0.1, 0.15) is 0 Å². The molecule has 3 nitrogen and oxygen atoms in total. The fraction of sp³-hybridized carbons (Fsp3) is 0.353. The van der Waals surface area contributed by atoms with Gasteiger partial charge in [0, 0.05) is 30.6 Å². The molecule has 4 heteroatoms. The molecule has 1 unspecified atom stereocenters. The summed E-state index contributed by atoms with van der Waals surface area (Å²) in [5, 5.41) is 1.26. The Morgan fingerprint density at radius 3 is 2.90 bits per heavy atom. The third-order valence-electron chi connectivity index (χ3n) is 4.67. The third kappa shape index (κ3) is 1.95. The minimum absolute atomic E-state index is 0. The fourth-order valence-electron chi connectivity index (χ4n) is 3.87. The van der Waals surface area contributed by atoms with Gasteiger partial charge in [-0.2, -0.15) is 0 Å². The molecular weight excluding hydrogens is 284 g/mol. The number of carbonyl (C=O) groups excluding carboxylic acids is 1. The number of hydrogen-bond donors (Lipinski definition) is 0. The van der Waals surface area contributed by atoms with Crippen LogP contribution in [0.5, 0.6) is 0 Å². The lowest BCUT2D eigenvalue weighted by atomic mass is 9.92. The molecule has 0 N–H and O–H groups in total. The first-order valence-corrected chi connectivity index (χ1v) is 7.31. The summed E-state index contributed by atoms with van der Waals surface area (Å²) in [6.45, 7) is 5.83. The lowest BCUT2D eigenvalue weighted by Gasteiger charge is -2.38. The van der Waals surface area contributed by atoms with E-state index in [0.29, 0.717) is 12.5 Å². The van der Waals surface area contributed by atoms with Crippen LogP contribution in [-0.4, -0.2) is 28.5 Å². The van der Waals surface area contributed by atoms with Crippen molar-refractivity contribution in [3.63, 3.8) is 0 Å². The van der Waals surface area contributed by atoms with Gasteiger partial charge < -0.3 is 0 Å². The maximum absolute atomic E-state index is 12.4. The highest BCUT2D eigenvalue weighted by Gasteiger charge is 2.36. The number of carbonyl (C=O) groups is 1. The number of fused-ring (bicyclic) bond motifs is 3. The molecule has 2 aliphatic rings. The molecule has 0 fully saturated rings. The van der Waals surface area contributed by atoms with E-state index < -0.39 is 0 Å². The number of rotatable bonds is 2. The average molecular weight is 303 g/mol. The van der Waals surface area contributed by atoms with Crippen molar-refractivity contribution in [2.75, 3.05) is 13.1 Å². The fourth-order valence-corrected chi connectivity index (χ4v) is 3.87. The van der Waals surface area contributed by atoms with Crippen LogP contribution >= 0.6 is 12.4 Å². The van der Waals surface area contributed by atoms with Crippen molar-refractivity contribution in [3.05, 3.63) is 48.2 Å². The van der Waals surface area contributed by atoms with Crippen molar-refractivity contribution in [1.82, 2.24) is 9.47 Å². The molecule has 110 valence electrons. The van der Waals surface area contributed by atoms with E-state index in [0.717, 1.165) is 31.4 Å². The van der Waals surface area contributed by atoms with Crippen LogP contribution in [0.25, 0.3) is 10.9 Å². The third-order valence-corrected chi connectivity index (χ3v) is 4.67. The minimum atomic E-state index is 0. The van der Waals surface area contributed by atoms with Crippen LogP contribution < -0.4 is 0 Å². The van der Waals surface area contributed by atoms with E-state index in [1.165, 1.54) is 16.6 Å². The van der Waals surface area contributed by atoms with Crippen LogP contribution in [0.3, 0.4) is 0 Å². The number of halogens is 1. The van der Waals surface area contributed by atoms with Gasteiger partial charge in [-0.3, -0.25) is 14.3 Å². The Morgan fingerprint density at radius 1 is 1.29 bits per heavy atom. The first-order valence-electron chi connectivity index (χ1n) is 7.31. The van der Waals surface area contributed by atoms with E-state index in [-0.39, 0.29) is 18.3 Å². The van der Waals surface area contributed by atoms with Gasteiger partial charge in [0.25, 0.3) is 0 Å². The summed E-state index contributed by atoms with van der Waals surface area (Å²) in [7, 11) is 0. The van der Waals surface area contributed by atoms with Crippen molar-refractivity contribution < 1.29 is 4.79 Å². The molecular formula is C17H19ClN2O. The molecule has 2 aliphatic heterocycles. The number of nitrogens with zero attached hydrogens (tertiary/aromatic N) is 2. The molecule has 1 atom stereocenters. The summed E-state index contributed by atoms with van der Waals surface area (Å²) in [5.41, 5.74) is 3.72. The maximum atomic E-state index is 12.4. The van der Waals surface area contributed by atoms with E-state index in [9.17, 15) is 4.79 Å². The normalized spacial score (nSPS) is 21.0. The maximum Gasteiger partial charge on any atom is 0.231 e. The number of hydrogen-bond acceptors (Lipinski definition) is 2. The molecule has 3 heterocycles. The zero-order valence-corrected chi connectivity index (χ0v) is 12.7. The lowest BCUT2D eigenvalue weighted by molar-refractivity contribution is 0.0822. The monoisotopic (exact) mass is 302 g/mol. The van der Waals surface area contributed by atoms with Crippen LogP contribution in [0.2, 0.25) is 0 Å². The minimum Gasteiger partial charge on any atom is -0.291 e. The SMILES string of the molecule is C=CCN1CCc2c3n(c4ccccc24)C(=O)CCC31.Cl. The first-order chi connectivity index (χ1) is 9.81. The zero-order chi connectivity index (χ0) is 13.7. The highest BCUT2D eigenvalue weighted by Crippen LogP contribution is 2.41. The van der Waals surface area contributed by atoms with Gasteiger partial charge in [-0.15, -0.1) is 19.0 Å². The standard InChI is InChI=1S/C17H18N2O.ClH/c1-2-10-18-11-9-13-12-5-3-4-6-14(12)19-16(20)8-7-15(18)17(13)19;/h2-6,15H,1,7-11H2;1H. The topological polar surface area (TPSA) is 25.2 Å². The van der Waals surface area contributed by atoms with Gasteiger partial charge in [0.05, 0.1) is 11.6 Å². The van der Waals surface area contributed by atoms with E-state index >= 15 is 0 Å². The van der Waals surface area contributed by atoms with Crippen LogP contribution in [0.15, 0.2) is 36.9 Å². The molecule has 0 aliphatic carbocycles. The smallest absolute Gasteiger partial charge is 0.231 e. The van der Waals surface area contributed by atoms with E-state index in [2.05, 4.69) is 29.7 Å². The first kappa shape index (κ1) is 14.4. The van der Waals surface area contributed by atoms with E-state index in [1.54, 1.807) is 0 Å². The molecule has 4 rings (SSSR count). The molecule has 0 amide bonds. The molecule has 1 aromatic heterocycles. The van der Waals surface area contributed by atoms with Crippen LogP contribution in [0.4, 0.5) is 0 Å². The van der Waals surface area contributed by atoms with Crippen molar-refractivity contribution in [2.45, 2.75) is 25.3 Å². The largest absolute Gasteiger partial charge is 0.291 e. The average Bonchev–Trinajstić information content (AvgIpc) is 2.81. The van der Waals surface area contributed by atoms with Gasteiger partial charge in [-0.25, -0.2) is 0 Å². The van der Waals surface area contributed by atoms with Gasteiger partial charge in [0.2, 0.25) is 5.91 Å². The molecule has 1 aromatic carbocycles. The summed E-state index contributed by atoms with van der Waals surface area (Å²) in [6.07, 6.45) is 4.58.